The molecule has 26 heavy (non-hydrogen) atoms. The summed E-state index contributed by atoms with van der Waals surface area (Å²) in [5, 5.41) is 0.764. The van der Waals surface area contributed by atoms with E-state index in [0.717, 1.165) is 16.5 Å². The topological polar surface area (TPSA) is 49.7 Å². The van der Waals surface area contributed by atoms with Gasteiger partial charge in [0.05, 0.1) is 28.6 Å². The quantitative estimate of drug-likeness (QED) is 0.773. The van der Waals surface area contributed by atoms with Crippen molar-refractivity contribution >= 4 is 44.1 Å². The summed E-state index contributed by atoms with van der Waals surface area (Å²) in [6, 6.07) is 13.9. The van der Waals surface area contributed by atoms with Crippen LogP contribution in [0, 0.1) is 5.82 Å². The zero-order chi connectivity index (χ0) is 18.3. The van der Waals surface area contributed by atoms with Crippen molar-refractivity contribution in [1.29, 1.82) is 0 Å². The largest absolute Gasteiger partial charge is 0.315 e. The van der Waals surface area contributed by atoms with Gasteiger partial charge in [-0.25, -0.2) is 12.8 Å². The fourth-order valence-corrected chi connectivity index (χ4v) is 6.39. The molecule has 2 atom stereocenters. The van der Waals surface area contributed by atoms with Crippen molar-refractivity contribution in [2.24, 2.45) is 4.99 Å². The van der Waals surface area contributed by atoms with Gasteiger partial charge in [0.25, 0.3) is 0 Å². The van der Waals surface area contributed by atoms with E-state index in [1.165, 1.54) is 12.1 Å². The van der Waals surface area contributed by atoms with Gasteiger partial charge in [-0.1, -0.05) is 53.7 Å². The molecule has 1 fully saturated rings. The van der Waals surface area contributed by atoms with Crippen molar-refractivity contribution in [1.82, 2.24) is 0 Å². The molecule has 2 aromatic rings. The highest BCUT2D eigenvalue weighted by molar-refractivity contribution is 8.13. The van der Waals surface area contributed by atoms with E-state index in [1.54, 1.807) is 17.8 Å². The van der Waals surface area contributed by atoms with Crippen molar-refractivity contribution in [3.05, 3.63) is 64.9 Å². The smallest absolute Gasteiger partial charge is 0.164 e. The first-order chi connectivity index (χ1) is 12.4. The SMILES string of the molecule is O=S1(=O)CC2N=C(SCc3ccccc3)N(c3ccc(F)c(Cl)c3)C2C1. The fraction of sp³-hybridized carbons (Fsp3) is 0.278. The Labute approximate surface area is 161 Å². The zero-order valence-electron chi connectivity index (χ0n) is 13.7. The van der Waals surface area contributed by atoms with Gasteiger partial charge in [0.2, 0.25) is 0 Å². The molecule has 0 amide bonds. The van der Waals surface area contributed by atoms with Gasteiger partial charge in [0.15, 0.2) is 15.0 Å². The number of halogens is 2. The van der Waals surface area contributed by atoms with Crippen LogP contribution in [0.4, 0.5) is 10.1 Å². The van der Waals surface area contributed by atoms with Gasteiger partial charge in [-0.2, -0.15) is 0 Å². The lowest BCUT2D eigenvalue weighted by Gasteiger charge is -2.26. The molecule has 2 unspecified atom stereocenters. The van der Waals surface area contributed by atoms with Crippen LogP contribution in [0.1, 0.15) is 5.56 Å². The molecule has 0 saturated carbocycles. The predicted molar refractivity (Wildman–Crippen MR) is 105 cm³/mol. The molecule has 0 bridgehead atoms. The van der Waals surface area contributed by atoms with Crippen molar-refractivity contribution < 1.29 is 12.8 Å². The third-order valence-electron chi connectivity index (χ3n) is 4.50. The van der Waals surface area contributed by atoms with E-state index in [2.05, 4.69) is 4.99 Å². The molecule has 2 heterocycles. The number of thioether (sulfide) groups is 1. The molecular weight excluding hydrogens is 395 g/mol. The molecular formula is C18H16ClFN2O2S2. The van der Waals surface area contributed by atoms with E-state index in [0.29, 0.717) is 5.69 Å². The Hall–Kier alpha value is -1.57. The Kier molecular flexibility index (Phi) is 4.71. The summed E-state index contributed by atoms with van der Waals surface area (Å²) in [6.07, 6.45) is 0. The summed E-state index contributed by atoms with van der Waals surface area (Å²) in [4.78, 5) is 6.56. The summed E-state index contributed by atoms with van der Waals surface area (Å²) in [7, 11) is -3.12. The average molecular weight is 411 g/mol. The van der Waals surface area contributed by atoms with Crippen LogP contribution in [0.15, 0.2) is 53.5 Å². The van der Waals surface area contributed by atoms with E-state index in [1.807, 2.05) is 35.2 Å². The molecule has 136 valence electrons. The minimum Gasteiger partial charge on any atom is -0.315 e. The van der Waals surface area contributed by atoms with Crippen molar-refractivity contribution in [2.45, 2.75) is 17.8 Å². The maximum Gasteiger partial charge on any atom is 0.164 e. The maximum atomic E-state index is 13.6. The number of amidine groups is 1. The molecule has 0 aliphatic carbocycles. The minimum absolute atomic E-state index is 0.0132. The van der Waals surface area contributed by atoms with Gasteiger partial charge in [-0.15, -0.1) is 0 Å². The van der Waals surface area contributed by atoms with Crippen molar-refractivity contribution in [3.8, 4) is 0 Å². The number of hydrogen-bond acceptors (Lipinski definition) is 5. The monoisotopic (exact) mass is 410 g/mol. The number of anilines is 1. The molecule has 4 rings (SSSR count). The lowest BCUT2D eigenvalue weighted by atomic mass is 10.1. The van der Waals surface area contributed by atoms with E-state index < -0.39 is 15.7 Å². The Balaban J connectivity index is 1.65. The predicted octanol–water partition coefficient (Wildman–Crippen LogP) is 3.75. The number of aliphatic imine (C=N–C) groups is 1. The van der Waals surface area contributed by atoms with Crippen LogP contribution in [-0.4, -0.2) is 37.2 Å². The first-order valence-corrected chi connectivity index (χ1v) is 11.3. The standard InChI is InChI=1S/C18H16ClFN2O2S2/c19-14-8-13(6-7-15(14)20)22-17-11-26(23,24)10-16(17)21-18(22)25-9-12-4-2-1-3-5-12/h1-8,16-17H,9-11H2. The average Bonchev–Trinajstić information content (AvgIpc) is 3.07. The second-order valence-electron chi connectivity index (χ2n) is 6.37. The number of benzene rings is 2. The lowest BCUT2D eigenvalue weighted by molar-refractivity contribution is 0.601. The Morgan fingerprint density at radius 3 is 2.69 bits per heavy atom. The fourth-order valence-electron chi connectivity index (χ4n) is 3.29. The summed E-state index contributed by atoms with van der Waals surface area (Å²) in [5.41, 5.74) is 1.82. The number of sulfone groups is 1. The number of fused-ring (bicyclic) bond motifs is 1. The minimum atomic E-state index is -3.12. The molecule has 0 aromatic heterocycles. The molecule has 2 aromatic carbocycles. The molecule has 4 nitrogen and oxygen atoms in total. The highest BCUT2D eigenvalue weighted by Crippen LogP contribution is 2.37. The second-order valence-corrected chi connectivity index (χ2v) is 9.87. The normalized spacial score (nSPS) is 23.8. The van der Waals surface area contributed by atoms with Crippen molar-refractivity contribution in [3.63, 3.8) is 0 Å². The van der Waals surface area contributed by atoms with Crippen LogP contribution < -0.4 is 4.90 Å². The Morgan fingerprint density at radius 1 is 1.19 bits per heavy atom. The number of hydrogen-bond donors (Lipinski definition) is 0. The zero-order valence-corrected chi connectivity index (χ0v) is 16.1. The van der Waals surface area contributed by atoms with Crippen LogP contribution in [0.2, 0.25) is 5.02 Å². The van der Waals surface area contributed by atoms with Crippen LogP contribution in [0.25, 0.3) is 0 Å². The van der Waals surface area contributed by atoms with Gasteiger partial charge in [-0.05, 0) is 23.8 Å². The van der Waals surface area contributed by atoms with Crippen LogP contribution in [-0.2, 0) is 15.6 Å². The lowest BCUT2D eigenvalue weighted by Crippen LogP contribution is -2.39. The number of nitrogens with zero attached hydrogens (tertiary/aromatic N) is 2. The van der Waals surface area contributed by atoms with E-state index in [4.69, 9.17) is 11.6 Å². The van der Waals surface area contributed by atoms with Crippen LogP contribution in [0.3, 0.4) is 0 Å². The summed E-state index contributed by atoms with van der Waals surface area (Å²) < 4.78 is 37.6. The van der Waals surface area contributed by atoms with Crippen molar-refractivity contribution in [2.75, 3.05) is 16.4 Å². The highest BCUT2D eigenvalue weighted by Gasteiger charge is 2.47. The van der Waals surface area contributed by atoms with Gasteiger partial charge in [0.1, 0.15) is 5.82 Å². The van der Waals surface area contributed by atoms with Gasteiger partial charge < -0.3 is 4.90 Å². The first-order valence-electron chi connectivity index (χ1n) is 8.12. The Morgan fingerprint density at radius 2 is 1.96 bits per heavy atom. The Bertz CT molecular complexity index is 966. The molecule has 0 spiro atoms. The summed E-state index contributed by atoms with van der Waals surface area (Å²) in [6.45, 7) is 0. The molecule has 0 radical (unpaired) electrons. The van der Waals surface area contributed by atoms with E-state index in [-0.39, 0.29) is 28.6 Å². The molecule has 8 heteroatoms. The maximum absolute atomic E-state index is 13.6. The number of rotatable bonds is 3. The molecule has 2 aliphatic heterocycles. The molecule has 0 N–H and O–H groups in total. The van der Waals surface area contributed by atoms with Crippen LogP contribution in [0.5, 0.6) is 0 Å². The third-order valence-corrected chi connectivity index (χ3v) is 7.53. The van der Waals surface area contributed by atoms with E-state index in [9.17, 15) is 12.8 Å². The van der Waals surface area contributed by atoms with E-state index >= 15 is 0 Å². The van der Waals surface area contributed by atoms with Crippen LogP contribution >= 0.6 is 23.4 Å². The van der Waals surface area contributed by atoms with Gasteiger partial charge in [-0.3, -0.25) is 4.99 Å². The van der Waals surface area contributed by atoms with Gasteiger partial charge >= 0.3 is 0 Å². The molecule has 2 aliphatic rings. The first kappa shape index (κ1) is 17.8. The van der Waals surface area contributed by atoms with Gasteiger partial charge in [0, 0.05) is 11.4 Å². The molecule has 1 saturated heterocycles. The third kappa shape index (κ3) is 3.48. The highest BCUT2D eigenvalue weighted by atomic mass is 35.5. The summed E-state index contributed by atoms with van der Waals surface area (Å²) in [5.74, 6) is 0.321. The second kappa shape index (κ2) is 6.87. The summed E-state index contributed by atoms with van der Waals surface area (Å²) >= 11 is 7.50.